The quantitative estimate of drug-likeness (QED) is 0.750. The Labute approximate surface area is 126 Å². The largest absolute Gasteiger partial charge is 0.469 e. The third-order valence-electron chi connectivity index (χ3n) is 3.70. The number of hydrogen-bond acceptors (Lipinski definition) is 4. The molecule has 0 saturated heterocycles. The number of esters is 1. The summed E-state index contributed by atoms with van der Waals surface area (Å²) in [6.45, 7) is 8.39. The Balaban J connectivity index is 2.82. The van der Waals surface area contributed by atoms with E-state index in [9.17, 15) is 9.59 Å². The summed E-state index contributed by atoms with van der Waals surface area (Å²) in [6, 6.07) is 0.0640. The molecule has 21 heavy (non-hydrogen) atoms. The fourth-order valence-corrected chi connectivity index (χ4v) is 2.23. The van der Waals surface area contributed by atoms with Gasteiger partial charge in [0.1, 0.15) is 0 Å². The summed E-state index contributed by atoms with van der Waals surface area (Å²) in [6.07, 6.45) is 0.284. The zero-order valence-corrected chi connectivity index (χ0v) is 13.8. The third-order valence-corrected chi connectivity index (χ3v) is 3.70. The third kappa shape index (κ3) is 4.31. The molecule has 0 N–H and O–H groups in total. The van der Waals surface area contributed by atoms with Gasteiger partial charge in [0, 0.05) is 37.3 Å². The van der Waals surface area contributed by atoms with E-state index in [0.717, 1.165) is 17.0 Å². The molecule has 0 bridgehead atoms. The summed E-state index contributed by atoms with van der Waals surface area (Å²) < 4.78 is 6.40. The summed E-state index contributed by atoms with van der Waals surface area (Å²) in [4.78, 5) is 25.3. The van der Waals surface area contributed by atoms with E-state index < -0.39 is 0 Å². The first kappa shape index (κ1) is 17.2. The van der Waals surface area contributed by atoms with Gasteiger partial charge in [0.25, 0.3) is 0 Å². The highest BCUT2D eigenvalue weighted by atomic mass is 16.5. The Kier molecular flexibility index (Phi) is 5.93. The molecule has 0 spiro atoms. The molecule has 0 atom stereocenters. The van der Waals surface area contributed by atoms with Crippen molar-refractivity contribution >= 4 is 11.9 Å². The molecule has 0 aliphatic rings. The predicted octanol–water partition coefficient (Wildman–Crippen LogP) is 1.73. The maximum Gasteiger partial charge on any atom is 0.306 e. The molecule has 118 valence electrons. The van der Waals surface area contributed by atoms with Gasteiger partial charge >= 0.3 is 5.97 Å². The first-order valence-corrected chi connectivity index (χ1v) is 7.13. The second-order valence-electron chi connectivity index (χ2n) is 5.46. The SMILES string of the molecule is COC(=O)CCC(=O)N(Cc1c(C)nn(C)c1C)C(C)C. The zero-order valence-electron chi connectivity index (χ0n) is 13.8. The van der Waals surface area contributed by atoms with Gasteiger partial charge in [-0.05, 0) is 27.7 Å². The van der Waals surface area contributed by atoms with Crippen molar-refractivity contribution in [3.8, 4) is 0 Å². The smallest absolute Gasteiger partial charge is 0.306 e. The molecule has 6 heteroatoms. The average Bonchev–Trinajstić information content (AvgIpc) is 2.66. The van der Waals surface area contributed by atoms with Crippen LogP contribution in [0, 0.1) is 13.8 Å². The number of hydrogen-bond donors (Lipinski definition) is 0. The van der Waals surface area contributed by atoms with Crippen LogP contribution in [0.4, 0.5) is 0 Å². The minimum absolute atomic E-state index is 0.0435. The number of amides is 1. The van der Waals surface area contributed by atoms with Gasteiger partial charge in [-0.25, -0.2) is 0 Å². The highest BCUT2D eigenvalue weighted by Gasteiger charge is 2.21. The molecular weight excluding hydrogens is 270 g/mol. The van der Waals surface area contributed by atoms with E-state index in [2.05, 4.69) is 9.84 Å². The van der Waals surface area contributed by atoms with E-state index in [1.807, 2.05) is 39.4 Å². The second kappa shape index (κ2) is 7.24. The molecule has 6 nitrogen and oxygen atoms in total. The maximum atomic E-state index is 12.3. The average molecular weight is 295 g/mol. The Hall–Kier alpha value is -1.85. The summed E-state index contributed by atoms with van der Waals surface area (Å²) in [5.41, 5.74) is 3.05. The summed E-state index contributed by atoms with van der Waals surface area (Å²) >= 11 is 0. The van der Waals surface area contributed by atoms with Crippen LogP contribution in [-0.2, 0) is 27.9 Å². The number of nitrogens with zero attached hydrogens (tertiary/aromatic N) is 3. The van der Waals surface area contributed by atoms with Gasteiger partial charge in [-0.3, -0.25) is 14.3 Å². The lowest BCUT2D eigenvalue weighted by Crippen LogP contribution is -2.36. The first-order valence-electron chi connectivity index (χ1n) is 7.13. The van der Waals surface area contributed by atoms with Gasteiger partial charge in [-0.2, -0.15) is 5.10 Å². The van der Waals surface area contributed by atoms with Crippen LogP contribution < -0.4 is 0 Å². The van der Waals surface area contributed by atoms with E-state index in [-0.39, 0.29) is 30.8 Å². The second-order valence-corrected chi connectivity index (χ2v) is 5.46. The van der Waals surface area contributed by atoms with Gasteiger partial charge in [0.05, 0.1) is 19.2 Å². The van der Waals surface area contributed by atoms with Crippen LogP contribution in [0.15, 0.2) is 0 Å². The number of aryl methyl sites for hydroxylation is 2. The van der Waals surface area contributed by atoms with Crippen LogP contribution in [0.25, 0.3) is 0 Å². The van der Waals surface area contributed by atoms with Gasteiger partial charge in [-0.15, -0.1) is 0 Å². The fourth-order valence-electron chi connectivity index (χ4n) is 2.23. The predicted molar refractivity (Wildman–Crippen MR) is 79.6 cm³/mol. The Morgan fingerprint density at radius 3 is 2.33 bits per heavy atom. The number of ether oxygens (including phenoxy) is 1. The Morgan fingerprint density at radius 2 is 1.90 bits per heavy atom. The number of carbonyl (C=O) groups is 2. The van der Waals surface area contributed by atoms with Crippen molar-refractivity contribution in [2.75, 3.05) is 7.11 Å². The summed E-state index contributed by atoms with van der Waals surface area (Å²) in [5, 5.41) is 4.37. The van der Waals surface area contributed by atoms with Gasteiger partial charge < -0.3 is 9.64 Å². The minimum Gasteiger partial charge on any atom is -0.469 e. The van der Waals surface area contributed by atoms with Crippen molar-refractivity contribution in [2.24, 2.45) is 7.05 Å². The number of aromatic nitrogens is 2. The van der Waals surface area contributed by atoms with Crippen molar-refractivity contribution in [3.63, 3.8) is 0 Å². The van der Waals surface area contributed by atoms with Crippen molar-refractivity contribution in [1.82, 2.24) is 14.7 Å². The van der Waals surface area contributed by atoms with E-state index in [1.165, 1.54) is 7.11 Å². The summed E-state index contributed by atoms with van der Waals surface area (Å²) in [5.74, 6) is -0.404. The van der Waals surface area contributed by atoms with E-state index >= 15 is 0 Å². The van der Waals surface area contributed by atoms with Crippen molar-refractivity contribution in [3.05, 3.63) is 17.0 Å². The lowest BCUT2D eigenvalue weighted by atomic mass is 10.1. The van der Waals surface area contributed by atoms with E-state index in [1.54, 1.807) is 4.90 Å². The molecule has 1 heterocycles. The molecule has 0 aliphatic heterocycles. The number of carbonyl (C=O) groups excluding carboxylic acids is 2. The van der Waals surface area contributed by atoms with Crippen LogP contribution in [0.1, 0.15) is 43.6 Å². The number of methoxy groups -OCH3 is 1. The number of rotatable bonds is 6. The van der Waals surface area contributed by atoms with Crippen molar-refractivity contribution in [2.45, 2.75) is 53.1 Å². The molecule has 0 unspecified atom stereocenters. The Bertz CT molecular complexity index is 520. The van der Waals surface area contributed by atoms with Crippen LogP contribution in [-0.4, -0.2) is 39.7 Å². The van der Waals surface area contributed by atoms with Crippen LogP contribution in [0.3, 0.4) is 0 Å². The van der Waals surface area contributed by atoms with E-state index in [4.69, 9.17) is 0 Å². The van der Waals surface area contributed by atoms with Crippen molar-refractivity contribution in [1.29, 1.82) is 0 Å². The molecular formula is C15H25N3O3. The van der Waals surface area contributed by atoms with Crippen LogP contribution >= 0.6 is 0 Å². The molecule has 0 aromatic carbocycles. The highest BCUT2D eigenvalue weighted by molar-refractivity contribution is 5.81. The normalized spacial score (nSPS) is 10.8. The van der Waals surface area contributed by atoms with E-state index in [0.29, 0.717) is 6.54 Å². The minimum atomic E-state index is -0.360. The monoisotopic (exact) mass is 295 g/mol. The van der Waals surface area contributed by atoms with Crippen molar-refractivity contribution < 1.29 is 14.3 Å². The molecule has 1 amide bonds. The standard InChI is InChI=1S/C15H25N3O3/c1-10(2)18(14(19)7-8-15(20)21-6)9-13-11(3)16-17(5)12(13)4/h10H,7-9H2,1-6H3. The van der Waals surface area contributed by atoms with Gasteiger partial charge in [0.2, 0.25) is 5.91 Å². The lowest BCUT2D eigenvalue weighted by Gasteiger charge is -2.27. The maximum absolute atomic E-state index is 12.3. The molecule has 1 rings (SSSR count). The Morgan fingerprint density at radius 1 is 1.29 bits per heavy atom. The fraction of sp³-hybridized carbons (Fsp3) is 0.667. The first-order chi connectivity index (χ1) is 9.77. The van der Waals surface area contributed by atoms with Crippen LogP contribution in [0.2, 0.25) is 0 Å². The molecule has 0 saturated carbocycles. The summed E-state index contributed by atoms with van der Waals surface area (Å²) in [7, 11) is 3.22. The highest BCUT2D eigenvalue weighted by Crippen LogP contribution is 2.17. The topological polar surface area (TPSA) is 64.4 Å². The van der Waals surface area contributed by atoms with Gasteiger partial charge in [-0.1, -0.05) is 0 Å². The zero-order chi connectivity index (χ0) is 16.2. The van der Waals surface area contributed by atoms with Crippen LogP contribution in [0.5, 0.6) is 0 Å². The molecule has 0 radical (unpaired) electrons. The molecule has 0 fully saturated rings. The molecule has 1 aromatic heterocycles. The molecule has 1 aromatic rings. The lowest BCUT2D eigenvalue weighted by molar-refractivity contribution is -0.144. The molecule has 0 aliphatic carbocycles. The van der Waals surface area contributed by atoms with Gasteiger partial charge in [0.15, 0.2) is 0 Å².